The predicted octanol–water partition coefficient (Wildman–Crippen LogP) is 6.56. The third-order valence-electron chi connectivity index (χ3n) is 8.63. The van der Waals surface area contributed by atoms with Crippen LogP contribution in [0.3, 0.4) is 0 Å². The third-order valence-corrected chi connectivity index (χ3v) is 8.99. The van der Waals surface area contributed by atoms with Crippen LogP contribution in [0.4, 0.5) is 0 Å². The molecule has 0 radical (unpaired) electrons. The molecule has 3 heterocycles. The topological polar surface area (TPSA) is 46.7 Å². The van der Waals surface area contributed by atoms with Crippen molar-refractivity contribution in [2.24, 2.45) is 5.73 Å². The van der Waals surface area contributed by atoms with E-state index in [0.717, 1.165) is 62.9 Å². The Labute approximate surface area is 237 Å². The van der Waals surface area contributed by atoms with Crippen LogP contribution in [0, 0.1) is 0 Å². The van der Waals surface area contributed by atoms with Gasteiger partial charge in [0.1, 0.15) is 5.75 Å². The van der Waals surface area contributed by atoms with Gasteiger partial charge in [-0.05, 0) is 79.3 Å². The fourth-order valence-corrected chi connectivity index (χ4v) is 6.80. The van der Waals surface area contributed by atoms with E-state index < -0.39 is 0 Å². The molecule has 5 nitrogen and oxygen atoms in total. The van der Waals surface area contributed by atoms with Gasteiger partial charge in [-0.3, -0.25) is 9.80 Å². The number of aryl methyl sites for hydroxylation is 1. The van der Waals surface area contributed by atoms with E-state index in [-0.39, 0.29) is 0 Å². The van der Waals surface area contributed by atoms with Crippen LogP contribution in [0.5, 0.6) is 5.75 Å². The zero-order chi connectivity index (χ0) is 26.8. The highest BCUT2D eigenvalue weighted by atomic mass is 35.5. The van der Waals surface area contributed by atoms with Gasteiger partial charge >= 0.3 is 0 Å². The summed E-state index contributed by atoms with van der Waals surface area (Å²) >= 11 is 6.50. The molecule has 0 aliphatic carbocycles. The number of piperazine rings is 1. The minimum Gasteiger partial charge on any atom is -0.497 e. The van der Waals surface area contributed by atoms with E-state index in [9.17, 15) is 0 Å². The van der Waals surface area contributed by atoms with Crippen molar-refractivity contribution >= 4 is 22.5 Å². The molecule has 2 aliphatic rings. The Kier molecular flexibility index (Phi) is 7.94. The number of fused-ring (bicyclic) bond motifs is 3. The van der Waals surface area contributed by atoms with Crippen LogP contribution < -0.4 is 10.5 Å². The summed E-state index contributed by atoms with van der Waals surface area (Å²) in [7, 11) is 1.72. The van der Waals surface area contributed by atoms with Gasteiger partial charge in [-0.25, -0.2) is 0 Å². The van der Waals surface area contributed by atoms with Crippen molar-refractivity contribution in [1.82, 2.24) is 14.4 Å². The van der Waals surface area contributed by atoms with Crippen molar-refractivity contribution in [3.05, 3.63) is 89.1 Å². The molecule has 6 heteroatoms. The zero-order valence-corrected chi connectivity index (χ0v) is 23.6. The van der Waals surface area contributed by atoms with E-state index in [2.05, 4.69) is 75.2 Å². The highest BCUT2D eigenvalue weighted by molar-refractivity contribution is 6.31. The minimum absolute atomic E-state index is 0.599. The van der Waals surface area contributed by atoms with Crippen LogP contribution in [0.1, 0.15) is 36.8 Å². The van der Waals surface area contributed by atoms with Crippen molar-refractivity contribution in [2.75, 3.05) is 26.7 Å². The Morgan fingerprint density at radius 3 is 2.41 bits per heavy atom. The fraction of sp³-hybridized carbons (Fsp3) is 0.394. The van der Waals surface area contributed by atoms with Crippen LogP contribution in [0.25, 0.3) is 22.0 Å². The maximum Gasteiger partial charge on any atom is 0.118 e. The number of likely N-dealkylation sites (tertiary alicyclic amines) is 1. The molecule has 2 N–H and O–H groups in total. The smallest absolute Gasteiger partial charge is 0.118 e. The number of hydrogen-bond donors (Lipinski definition) is 1. The van der Waals surface area contributed by atoms with Gasteiger partial charge in [-0.1, -0.05) is 48.0 Å². The second-order valence-electron chi connectivity index (χ2n) is 11.2. The molecule has 2 aliphatic heterocycles. The molecule has 4 aromatic rings. The number of unbranched alkanes of at least 4 members (excludes halogenated alkanes) is 1. The summed E-state index contributed by atoms with van der Waals surface area (Å²) in [6, 6.07) is 25.0. The molecule has 0 saturated carbocycles. The van der Waals surface area contributed by atoms with E-state index in [0.29, 0.717) is 12.1 Å². The summed E-state index contributed by atoms with van der Waals surface area (Å²) in [4.78, 5) is 5.36. The van der Waals surface area contributed by atoms with Crippen LogP contribution in [-0.4, -0.2) is 53.2 Å². The number of aromatic nitrogens is 1. The van der Waals surface area contributed by atoms with Crippen LogP contribution in [-0.2, 0) is 19.6 Å². The minimum atomic E-state index is 0.599. The lowest BCUT2D eigenvalue weighted by Gasteiger charge is -2.41. The van der Waals surface area contributed by atoms with Gasteiger partial charge in [0.25, 0.3) is 0 Å². The van der Waals surface area contributed by atoms with Gasteiger partial charge in [0, 0.05) is 72.5 Å². The zero-order valence-electron chi connectivity index (χ0n) is 22.9. The third kappa shape index (κ3) is 5.59. The lowest BCUT2D eigenvalue weighted by atomic mass is 10.0. The normalized spacial score (nSPS) is 19.7. The lowest BCUT2D eigenvalue weighted by Crippen LogP contribution is -2.52. The predicted molar refractivity (Wildman–Crippen MR) is 161 cm³/mol. The van der Waals surface area contributed by atoms with Crippen LogP contribution in [0.15, 0.2) is 72.9 Å². The van der Waals surface area contributed by atoms with E-state index in [4.69, 9.17) is 22.1 Å². The quantitative estimate of drug-likeness (QED) is 0.231. The highest BCUT2D eigenvalue weighted by Crippen LogP contribution is 2.35. The van der Waals surface area contributed by atoms with E-state index in [1.807, 2.05) is 12.1 Å². The Hall–Kier alpha value is -2.83. The Morgan fingerprint density at radius 2 is 1.69 bits per heavy atom. The summed E-state index contributed by atoms with van der Waals surface area (Å²) in [5, 5.41) is 2.21. The highest BCUT2D eigenvalue weighted by Gasteiger charge is 2.39. The first-order valence-electron chi connectivity index (χ1n) is 14.3. The maximum absolute atomic E-state index is 6.50. The average Bonchev–Trinajstić information content (AvgIpc) is 3.42. The van der Waals surface area contributed by atoms with E-state index in [1.165, 1.54) is 46.0 Å². The number of methoxy groups -OCH3 is 1. The molecule has 2 bridgehead atoms. The van der Waals surface area contributed by atoms with Gasteiger partial charge in [-0.15, -0.1) is 0 Å². The van der Waals surface area contributed by atoms with Crippen LogP contribution in [0.2, 0.25) is 5.02 Å². The first-order chi connectivity index (χ1) is 19.1. The summed E-state index contributed by atoms with van der Waals surface area (Å²) in [5.41, 5.74) is 12.2. The maximum atomic E-state index is 6.50. The Bertz CT molecular complexity index is 1400. The molecule has 6 rings (SSSR count). The lowest BCUT2D eigenvalue weighted by molar-refractivity contribution is 0.0567. The molecule has 1 aromatic heterocycles. The molecule has 204 valence electrons. The summed E-state index contributed by atoms with van der Waals surface area (Å²) in [6.07, 6.45) is 7.00. The van der Waals surface area contributed by atoms with E-state index in [1.54, 1.807) is 7.11 Å². The number of hydrogen-bond acceptors (Lipinski definition) is 4. The first kappa shape index (κ1) is 26.4. The number of nitrogens with two attached hydrogens (primary N) is 1. The number of rotatable bonds is 10. The molecule has 2 unspecified atom stereocenters. The molecular formula is C33H39ClN4O. The summed E-state index contributed by atoms with van der Waals surface area (Å²) in [6.45, 7) is 5.90. The average molecular weight is 543 g/mol. The first-order valence-corrected chi connectivity index (χ1v) is 14.7. The summed E-state index contributed by atoms with van der Waals surface area (Å²) < 4.78 is 7.81. The van der Waals surface area contributed by atoms with Crippen molar-refractivity contribution < 1.29 is 4.74 Å². The van der Waals surface area contributed by atoms with Crippen molar-refractivity contribution in [1.29, 1.82) is 0 Å². The fourth-order valence-electron chi connectivity index (χ4n) is 6.60. The second kappa shape index (κ2) is 11.7. The number of ether oxygens (including phenoxy) is 1. The second-order valence-corrected chi connectivity index (χ2v) is 11.6. The number of benzene rings is 3. The van der Waals surface area contributed by atoms with Gasteiger partial charge in [0.05, 0.1) is 7.11 Å². The van der Waals surface area contributed by atoms with Gasteiger partial charge in [0.15, 0.2) is 0 Å². The summed E-state index contributed by atoms with van der Waals surface area (Å²) in [5.74, 6) is 0.884. The molecule has 0 spiro atoms. The van der Waals surface area contributed by atoms with Crippen LogP contribution >= 0.6 is 11.6 Å². The molecule has 2 atom stereocenters. The largest absolute Gasteiger partial charge is 0.497 e. The number of nitrogens with zero attached hydrogens (tertiary/aromatic N) is 3. The van der Waals surface area contributed by atoms with Crippen molar-refractivity contribution in [3.63, 3.8) is 0 Å². The Balaban J connectivity index is 1.22. The molecular weight excluding hydrogens is 504 g/mol. The number of halogens is 1. The standard InChI is InChI=1S/C33H39ClN4O/c1-39-29-13-9-25(10-14-29)31-23-37(17-5-4-16-35)33-15-8-24(18-30(31)33)19-36-21-27-11-12-28(22-36)38(27)20-26-6-2-3-7-32(26)34/h2-3,6-10,13-15,18,23,27-28H,4-5,11-12,16-17,19-22,35H2,1H3. The molecule has 39 heavy (non-hydrogen) atoms. The monoisotopic (exact) mass is 542 g/mol. The van der Waals surface area contributed by atoms with E-state index >= 15 is 0 Å². The molecule has 0 amide bonds. The van der Waals surface area contributed by atoms with Crippen molar-refractivity contribution in [2.45, 2.75) is 57.4 Å². The molecule has 2 saturated heterocycles. The SMILES string of the molecule is COc1ccc(-c2cn(CCCCN)c3ccc(CN4CC5CCC(C4)N5Cc4ccccc4Cl)cc23)cc1. The molecule has 2 fully saturated rings. The van der Waals surface area contributed by atoms with Gasteiger partial charge in [-0.2, -0.15) is 0 Å². The Morgan fingerprint density at radius 1 is 0.923 bits per heavy atom. The van der Waals surface area contributed by atoms with Gasteiger partial charge < -0.3 is 15.0 Å². The molecule has 3 aromatic carbocycles. The van der Waals surface area contributed by atoms with Gasteiger partial charge in [0.2, 0.25) is 0 Å². The van der Waals surface area contributed by atoms with Crippen molar-refractivity contribution in [3.8, 4) is 16.9 Å².